The van der Waals surface area contributed by atoms with Crippen molar-refractivity contribution in [1.82, 2.24) is 0 Å². The fraction of sp³-hybridized carbons (Fsp3) is 0.231. The molecule has 0 bridgehead atoms. The summed E-state index contributed by atoms with van der Waals surface area (Å²) in [5.74, 6) is -0.0763. The van der Waals surface area contributed by atoms with E-state index in [4.69, 9.17) is 11.6 Å². The van der Waals surface area contributed by atoms with Gasteiger partial charge >= 0.3 is 0 Å². The topological polar surface area (TPSA) is 56.1 Å². The SMILES string of the molecule is Cc1ccccc1-c1ccc(NC(=O)C2CCCCN2c2cccc(C#N)c2)c(Cl)c1. The number of halogens is 1. The molecule has 1 heterocycles. The van der Waals surface area contributed by atoms with Crippen molar-refractivity contribution in [2.45, 2.75) is 32.2 Å². The van der Waals surface area contributed by atoms with Crippen LogP contribution < -0.4 is 10.2 Å². The molecular weight excluding hydrogens is 406 g/mol. The predicted molar refractivity (Wildman–Crippen MR) is 126 cm³/mol. The Morgan fingerprint density at radius 1 is 1.10 bits per heavy atom. The molecule has 0 radical (unpaired) electrons. The number of piperidine rings is 1. The van der Waals surface area contributed by atoms with E-state index in [1.807, 2.05) is 48.5 Å². The summed E-state index contributed by atoms with van der Waals surface area (Å²) < 4.78 is 0. The molecule has 1 aliphatic rings. The highest BCUT2D eigenvalue weighted by atomic mass is 35.5. The average molecular weight is 430 g/mol. The van der Waals surface area contributed by atoms with E-state index >= 15 is 0 Å². The van der Waals surface area contributed by atoms with E-state index < -0.39 is 0 Å². The van der Waals surface area contributed by atoms with E-state index in [1.165, 1.54) is 5.56 Å². The molecule has 1 aliphatic heterocycles. The quantitative estimate of drug-likeness (QED) is 0.538. The minimum absolute atomic E-state index is 0.0763. The van der Waals surface area contributed by atoms with Gasteiger partial charge < -0.3 is 10.2 Å². The Morgan fingerprint density at radius 3 is 2.71 bits per heavy atom. The van der Waals surface area contributed by atoms with Crippen LogP contribution in [0.3, 0.4) is 0 Å². The van der Waals surface area contributed by atoms with Gasteiger partial charge in [0, 0.05) is 12.2 Å². The Bertz CT molecular complexity index is 1150. The lowest BCUT2D eigenvalue weighted by Crippen LogP contribution is -2.47. The van der Waals surface area contributed by atoms with E-state index in [-0.39, 0.29) is 11.9 Å². The van der Waals surface area contributed by atoms with Crippen molar-refractivity contribution in [2.24, 2.45) is 0 Å². The maximum Gasteiger partial charge on any atom is 0.247 e. The smallest absolute Gasteiger partial charge is 0.247 e. The second-order valence-electron chi connectivity index (χ2n) is 7.87. The molecule has 1 N–H and O–H groups in total. The molecule has 1 saturated heterocycles. The van der Waals surface area contributed by atoms with Gasteiger partial charge in [-0.15, -0.1) is 0 Å². The number of nitrogens with one attached hydrogen (secondary N) is 1. The van der Waals surface area contributed by atoms with Crippen LogP contribution in [0.4, 0.5) is 11.4 Å². The van der Waals surface area contributed by atoms with Crippen LogP contribution in [-0.4, -0.2) is 18.5 Å². The third kappa shape index (κ3) is 4.57. The predicted octanol–water partition coefficient (Wildman–Crippen LogP) is 6.18. The van der Waals surface area contributed by atoms with Crippen LogP contribution in [0.5, 0.6) is 0 Å². The van der Waals surface area contributed by atoms with Crippen LogP contribution in [0, 0.1) is 18.3 Å². The minimum atomic E-state index is -0.296. The maximum absolute atomic E-state index is 13.2. The van der Waals surface area contributed by atoms with Crippen molar-refractivity contribution < 1.29 is 4.79 Å². The highest BCUT2D eigenvalue weighted by Crippen LogP contribution is 2.32. The summed E-state index contributed by atoms with van der Waals surface area (Å²) in [5.41, 5.74) is 5.43. The average Bonchev–Trinajstić information content (AvgIpc) is 2.80. The van der Waals surface area contributed by atoms with Crippen molar-refractivity contribution in [1.29, 1.82) is 5.26 Å². The first kappa shape index (κ1) is 21.0. The van der Waals surface area contributed by atoms with Gasteiger partial charge in [0.15, 0.2) is 0 Å². The number of carbonyl (C=O) groups excluding carboxylic acids is 1. The van der Waals surface area contributed by atoms with Gasteiger partial charge in [-0.05, 0) is 73.2 Å². The first-order chi connectivity index (χ1) is 15.1. The minimum Gasteiger partial charge on any atom is -0.359 e. The molecule has 0 saturated carbocycles. The van der Waals surface area contributed by atoms with Crippen LogP contribution in [0.25, 0.3) is 11.1 Å². The van der Waals surface area contributed by atoms with E-state index in [1.54, 1.807) is 6.07 Å². The number of hydrogen-bond donors (Lipinski definition) is 1. The molecule has 1 fully saturated rings. The fourth-order valence-electron chi connectivity index (χ4n) is 4.16. The lowest BCUT2D eigenvalue weighted by molar-refractivity contribution is -0.117. The number of rotatable bonds is 4. The van der Waals surface area contributed by atoms with E-state index in [0.717, 1.165) is 42.6 Å². The Labute approximate surface area is 188 Å². The van der Waals surface area contributed by atoms with Crippen molar-refractivity contribution in [2.75, 3.05) is 16.8 Å². The van der Waals surface area contributed by atoms with E-state index in [0.29, 0.717) is 16.3 Å². The molecule has 1 amide bonds. The number of amides is 1. The molecule has 3 aromatic carbocycles. The first-order valence-corrected chi connectivity index (χ1v) is 10.9. The molecule has 0 spiro atoms. The normalized spacial score (nSPS) is 15.9. The highest BCUT2D eigenvalue weighted by Gasteiger charge is 2.29. The van der Waals surface area contributed by atoms with Crippen LogP contribution in [0.1, 0.15) is 30.4 Å². The standard InChI is InChI=1S/C26H24ClN3O/c1-18-7-2-3-10-22(18)20-12-13-24(23(27)16-20)29-26(31)25-11-4-5-14-30(25)21-9-6-8-19(15-21)17-28/h2-3,6-10,12-13,15-16,25H,4-5,11,14H2,1H3,(H,29,31). The van der Waals surface area contributed by atoms with E-state index in [9.17, 15) is 10.1 Å². The van der Waals surface area contributed by atoms with Crippen LogP contribution in [0.2, 0.25) is 5.02 Å². The van der Waals surface area contributed by atoms with Crippen LogP contribution in [0.15, 0.2) is 66.7 Å². The molecule has 1 atom stereocenters. The lowest BCUT2D eigenvalue weighted by atomic mass is 9.99. The summed E-state index contributed by atoms with van der Waals surface area (Å²) in [7, 11) is 0. The Hall–Kier alpha value is -3.29. The summed E-state index contributed by atoms with van der Waals surface area (Å²) >= 11 is 6.54. The summed E-state index contributed by atoms with van der Waals surface area (Å²) in [6, 6.07) is 23.2. The molecule has 31 heavy (non-hydrogen) atoms. The molecule has 156 valence electrons. The Kier molecular flexibility index (Phi) is 6.25. The Balaban J connectivity index is 1.55. The molecular formula is C26H24ClN3O. The molecule has 4 nitrogen and oxygen atoms in total. The van der Waals surface area contributed by atoms with Crippen LogP contribution in [-0.2, 0) is 4.79 Å². The lowest BCUT2D eigenvalue weighted by Gasteiger charge is -2.36. The van der Waals surface area contributed by atoms with Crippen molar-refractivity contribution in [3.8, 4) is 17.2 Å². The summed E-state index contributed by atoms with van der Waals surface area (Å²) in [6.07, 6.45) is 2.78. The zero-order valence-electron chi connectivity index (χ0n) is 17.4. The fourth-order valence-corrected chi connectivity index (χ4v) is 4.39. The summed E-state index contributed by atoms with van der Waals surface area (Å²) in [4.78, 5) is 15.3. The third-order valence-corrected chi connectivity index (χ3v) is 6.11. The Morgan fingerprint density at radius 2 is 1.94 bits per heavy atom. The third-order valence-electron chi connectivity index (χ3n) is 5.80. The van der Waals surface area contributed by atoms with Gasteiger partial charge in [-0.1, -0.05) is 48.0 Å². The highest BCUT2D eigenvalue weighted by molar-refractivity contribution is 6.34. The second kappa shape index (κ2) is 9.24. The van der Waals surface area contributed by atoms with Crippen LogP contribution >= 0.6 is 11.6 Å². The number of benzene rings is 3. The van der Waals surface area contributed by atoms with E-state index in [2.05, 4.69) is 35.3 Å². The van der Waals surface area contributed by atoms with Gasteiger partial charge in [0.25, 0.3) is 0 Å². The van der Waals surface area contributed by atoms with Crippen molar-refractivity contribution >= 4 is 28.9 Å². The molecule has 0 aromatic heterocycles. The largest absolute Gasteiger partial charge is 0.359 e. The molecule has 1 unspecified atom stereocenters. The molecule has 0 aliphatic carbocycles. The molecule has 3 aromatic rings. The molecule has 4 rings (SSSR count). The number of aryl methyl sites for hydroxylation is 1. The number of carbonyl (C=O) groups is 1. The molecule has 5 heteroatoms. The maximum atomic E-state index is 13.2. The zero-order chi connectivity index (χ0) is 21.8. The van der Waals surface area contributed by atoms with Crippen molar-refractivity contribution in [3.63, 3.8) is 0 Å². The number of hydrogen-bond acceptors (Lipinski definition) is 3. The van der Waals surface area contributed by atoms with Crippen molar-refractivity contribution in [3.05, 3.63) is 82.9 Å². The number of nitriles is 1. The van der Waals surface area contributed by atoms with Gasteiger partial charge in [-0.25, -0.2) is 0 Å². The monoisotopic (exact) mass is 429 g/mol. The first-order valence-electron chi connectivity index (χ1n) is 10.5. The number of anilines is 2. The second-order valence-corrected chi connectivity index (χ2v) is 8.27. The van der Waals surface area contributed by atoms with Gasteiger partial charge in [-0.2, -0.15) is 5.26 Å². The zero-order valence-corrected chi connectivity index (χ0v) is 18.2. The van der Waals surface area contributed by atoms with Gasteiger partial charge in [-0.3, -0.25) is 4.79 Å². The van der Waals surface area contributed by atoms with Gasteiger partial charge in [0.2, 0.25) is 5.91 Å². The summed E-state index contributed by atoms with van der Waals surface area (Å²) in [5, 5.41) is 12.8. The summed E-state index contributed by atoms with van der Waals surface area (Å²) in [6.45, 7) is 2.85. The number of nitrogens with zero attached hydrogens (tertiary/aromatic N) is 2. The van der Waals surface area contributed by atoms with Gasteiger partial charge in [0.1, 0.15) is 6.04 Å². The van der Waals surface area contributed by atoms with Gasteiger partial charge in [0.05, 0.1) is 22.3 Å².